The van der Waals surface area contributed by atoms with Crippen molar-refractivity contribution in [2.24, 2.45) is 0 Å². The van der Waals surface area contributed by atoms with Crippen LogP contribution in [0.3, 0.4) is 0 Å². The lowest BCUT2D eigenvalue weighted by atomic mass is 9.92. The summed E-state index contributed by atoms with van der Waals surface area (Å²) in [4.78, 5) is 10.9. The number of hydrogen-bond acceptors (Lipinski definition) is 4. The third-order valence-electron chi connectivity index (χ3n) is 10.5. The molecule has 0 amide bonds. The van der Waals surface area contributed by atoms with E-state index in [4.69, 9.17) is 14.4 Å². The molecule has 0 atom stereocenters. The summed E-state index contributed by atoms with van der Waals surface area (Å²) >= 11 is 1.76. The molecule has 7 aromatic carbocycles. The number of benzene rings is 7. The minimum Gasteiger partial charge on any atom is -0.455 e. The SMILES string of the molecule is C1=Cc2ccc(-c3ccc4oc5c6ccccc6cc(-c6nc(-c7ccc(-c8ccccc8)cc7)c7sc8ccccc8c7n6)c5c4c3)cc2CC1. The van der Waals surface area contributed by atoms with Gasteiger partial charge in [0.15, 0.2) is 5.82 Å². The third kappa shape index (κ3) is 4.65. The number of allylic oxidation sites excluding steroid dienone is 1. The third-order valence-corrected chi connectivity index (χ3v) is 11.7. The van der Waals surface area contributed by atoms with Crippen molar-refractivity contribution in [2.45, 2.75) is 12.8 Å². The van der Waals surface area contributed by atoms with Crippen LogP contribution in [-0.2, 0) is 6.42 Å². The Morgan fingerprint density at radius 2 is 1.31 bits per heavy atom. The van der Waals surface area contributed by atoms with Crippen LogP contribution in [0.25, 0.3) is 104 Å². The van der Waals surface area contributed by atoms with Gasteiger partial charge < -0.3 is 4.42 Å². The molecule has 3 aromatic heterocycles. The monoisotopic (exact) mass is 682 g/mol. The predicted molar refractivity (Wildman–Crippen MR) is 219 cm³/mol. The number of aryl methyl sites for hydroxylation is 1. The van der Waals surface area contributed by atoms with Crippen LogP contribution in [0, 0.1) is 0 Å². The van der Waals surface area contributed by atoms with Crippen molar-refractivity contribution in [3.05, 3.63) is 163 Å². The molecule has 0 unspecified atom stereocenters. The molecular formula is C48H30N2OS. The van der Waals surface area contributed by atoms with Gasteiger partial charge in [-0.25, -0.2) is 9.97 Å². The van der Waals surface area contributed by atoms with Gasteiger partial charge in [-0.1, -0.05) is 133 Å². The van der Waals surface area contributed by atoms with Crippen LogP contribution in [0.4, 0.5) is 0 Å². The van der Waals surface area contributed by atoms with Crippen LogP contribution in [-0.4, -0.2) is 9.97 Å². The molecule has 1 aliphatic rings. The second kappa shape index (κ2) is 11.6. The number of hydrogen-bond donors (Lipinski definition) is 0. The zero-order chi connectivity index (χ0) is 34.2. The fraction of sp³-hybridized carbons (Fsp3) is 0.0417. The molecule has 11 rings (SSSR count). The van der Waals surface area contributed by atoms with E-state index in [9.17, 15) is 0 Å². The highest BCUT2D eigenvalue weighted by molar-refractivity contribution is 7.26. The molecule has 244 valence electrons. The summed E-state index contributed by atoms with van der Waals surface area (Å²) in [5.74, 6) is 0.697. The van der Waals surface area contributed by atoms with Crippen molar-refractivity contribution >= 4 is 70.4 Å². The molecule has 0 saturated heterocycles. The summed E-state index contributed by atoms with van der Waals surface area (Å²) in [6, 6.07) is 52.0. The quantitative estimate of drug-likeness (QED) is 0.185. The Kier molecular flexibility index (Phi) is 6.55. The fourth-order valence-corrected chi connectivity index (χ4v) is 9.09. The largest absolute Gasteiger partial charge is 0.455 e. The van der Waals surface area contributed by atoms with Gasteiger partial charge in [0, 0.05) is 37.4 Å². The average molecular weight is 683 g/mol. The maximum absolute atomic E-state index is 6.76. The molecule has 0 spiro atoms. The second-order valence-electron chi connectivity index (χ2n) is 13.6. The number of rotatable bonds is 4. The maximum Gasteiger partial charge on any atom is 0.161 e. The number of aromatic nitrogens is 2. The lowest BCUT2D eigenvalue weighted by molar-refractivity contribution is 0.673. The van der Waals surface area contributed by atoms with Crippen LogP contribution in [0.2, 0.25) is 0 Å². The summed E-state index contributed by atoms with van der Waals surface area (Å²) in [7, 11) is 0. The van der Waals surface area contributed by atoms with Gasteiger partial charge in [0.2, 0.25) is 0 Å². The van der Waals surface area contributed by atoms with E-state index in [1.165, 1.54) is 38.1 Å². The molecule has 0 radical (unpaired) electrons. The number of nitrogens with zero attached hydrogens (tertiary/aromatic N) is 2. The zero-order valence-electron chi connectivity index (χ0n) is 28.1. The molecule has 0 saturated carbocycles. The first-order valence-electron chi connectivity index (χ1n) is 17.8. The Morgan fingerprint density at radius 1 is 0.577 bits per heavy atom. The summed E-state index contributed by atoms with van der Waals surface area (Å²) in [6.45, 7) is 0. The molecule has 3 heterocycles. The van der Waals surface area contributed by atoms with E-state index in [-0.39, 0.29) is 0 Å². The Morgan fingerprint density at radius 3 is 2.21 bits per heavy atom. The lowest BCUT2D eigenvalue weighted by Crippen LogP contribution is -1.95. The van der Waals surface area contributed by atoms with Gasteiger partial charge in [0.1, 0.15) is 11.2 Å². The first-order valence-corrected chi connectivity index (χ1v) is 18.6. The van der Waals surface area contributed by atoms with Crippen molar-refractivity contribution in [1.82, 2.24) is 9.97 Å². The van der Waals surface area contributed by atoms with Crippen LogP contribution in [0.1, 0.15) is 17.5 Å². The minimum absolute atomic E-state index is 0.697. The molecular weight excluding hydrogens is 653 g/mol. The molecule has 0 N–H and O–H groups in total. The number of thiophene rings is 1. The highest BCUT2D eigenvalue weighted by Gasteiger charge is 2.22. The van der Waals surface area contributed by atoms with Gasteiger partial charge in [0.05, 0.1) is 15.9 Å². The average Bonchev–Trinajstić information content (AvgIpc) is 3.79. The molecule has 0 bridgehead atoms. The zero-order valence-corrected chi connectivity index (χ0v) is 29.0. The standard InChI is InChI=1S/C48H30N2OS/c1-2-10-29(11-3-1)31-18-21-32(22-19-31)44-47-45(38-16-8-9-17-42(38)52-47)50-48(49-44)40-28-36-14-6-7-15-37(36)46-43(40)39-27-35(24-25-41(39)51-46)34-23-20-30-12-4-5-13-33(30)26-34/h1-4,6-12,14-28H,5,13H2. The Bertz CT molecular complexity index is 3060. The first-order chi connectivity index (χ1) is 25.7. The highest BCUT2D eigenvalue weighted by atomic mass is 32.1. The second-order valence-corrected chi connectivity index (χ2v) is 14.7. The molecule has 1 aliphatic carbocycles. The highest BCUT2D eigenvalue weighted by Crippen LogP contribution is 2.45. The van der Waals surface area contributed by atoms with Gasteiger partial charge in [0.25, 0.3) is 0 Å². The Balaban J connectivity index is 1.17. The van der Waals surface area contributed by atoms with Crippen molar-refractivity contribution in [3.63, 3.8) is 0 Å². The molecule has 3 nitrogen and oxygen atoms in total. The molecule has 0 aliphatic heterocycles. The molecule has 0 fully saturated rings. The predicted octanol–water partition coefficient (Wildman–Crippen LogP) is 13.5. The van der Waals surface area contributed by atoms with E-state index in [2.05, 4.69) is 158 Å². The van der Waals surface area contributed by atoms with Crippen LogP contribution >= 0.6 is 11.3 Å². The summed E-state index contributed by atoms with van der Waals surface area (Å²) in [5.41, 5.74) is 13.2. The summed E-state index contributed by atoms with van der Waals surface area (Å²) < 4.78 is 9.06. The van der Waals surface area contributed by atoms with Gasteiger partial charge in [-0.2, -0.15) is 0 Å². The van der Waals surface area contributed by atoms with Crippen LogP contribution in [0.5, 0.6) is 0 Å². The molecule has 10 aromatic rings. The fourth-order valence-electron chi connectivity index (χ4n) is 7.94. The Labute approximate surface area is 304 Å². The topological polar surface area (TPSA) is 38.9 Å². The van der Waals surface area contributed by atoms with Crippen LogP contribution in [0.15, 0.2) is 156 Å². The smallest absolute Gasteiger partial charge is 0.161 e. The number of fused-ring (bicyclic) bond motifs is 9. The minimum atomic E-state index is 0.697. The van der Waals surface area contributed by atoms with Crippen molar-refractivity contribution in [1.29, 1.82) is 0 Å². The normalized spacial score (nSPS) is 12.8. The van der Waals surface area contributed by atoms with Crippen molar-refractivity contribution < 1.29 is 4.42 Å². The van der Waals surface area contributed by atoms with Gasteiger partial charge >= 0.3 is 0 Å². The van der Waals surface area contributed by atoms with Crippen molar-refractivity contribution in [2.75, 3.05) is 0 Å². The molecule has 4 heteroatoms. The number of furan rings is 1. The summed E-state index contributed by atoms with van der Waals surface area (Å²) in [6.07, 6.45) is 6.66. The van der Waals surface area contributed by atoms with E-state index in [0.717, 1.165) is 78.0 Å². The van der Waals surface area contributed by atoms with E-state index in [1.807, 2.05) is 0 Å². The van der Waals surface area contributed by atoms with Gasteiger partial charge in [-0.3, -0.25) is 0 Å². The first kappa shape index (κ1) is 29.4. The molecule has 52 heavy (non-hydrogen) atoms. The maximum atomic E-state index is 6.76. The van der Waals surface area contributed by atoms with E-state index < -0.39 is 0 Å². The Hall–Kier alpha value is -6.36. The van der Waals surface area contributed by atoms with E-state index in [0.29, 0.717) is 5.82 Å². The van der Waals surface area contributed by atoms with Gasteiger partial charge in [-0.15, -0.1) is 11.3 Å². The van der Waals surface area contributed by atoms with Crippen LogP contribution < -0.4 is 0 Å². The lowest BCUT2D eigenvalue weighted by Gasteiger charge is -2.12. The van der Waals surface area contributed by atoms with Crippen molar-refractivity contribution in [3.8, 4) is 44.9 Å². The van der Waals surface area contributed by atoms with Gasteiger partial charge in [-0.05, 0) is 75.9 Å². The van der Waals surface area contributed by atoms with E-state index in [1.54, 1.807) is 11.3 Å². The van der Waals surface area contributed by atoms with E-state index >= 15 is 0 Å². The summed E-state index contributed by atoms with van der Waals surface area (Å²) in [5, 5.41) is 5.43.